The number of alkyl halides is 3. The van der Waals surface area contributed by atoms with Crippen molar-refractivity contribution >= 4 is 16.7 Å². The van der Waals surface area contributed by atoms with E-state index in [0.717, 1.165) is 5.39 Å². The number of benzene rings is 1. The molecule has 1 aromatic heterocycles. The minimum absolute atomic E-state index is 0.0528. The molecule has 0 saturated carbocycles. The van der Waals surface area contributed by atoms with Crippen molar-refractivity contribution in [2.24, 2.45) is 5.92 Å². The smallest absolute Gasteiger partial charge is 0.389 e. The molecule has 1 aromatic carbocycles. The van der Waals surface area contributed by atoms with E-state index in [9.17, 15) is 23.1 Å². The Bertz CT molecular complexity index is 753. The van der Waals surface area contributed by atoms with E-state index in [1.807, 2.05) is 0 Å². The Morgan fingerprint density at radius 2 is 1.92 bits per heavy atom. The van der Waals surface area contributed by atoms with E-state index in [1.54, 1.807) is 24.3 Å². The van der Waals surface area contributed by atoms with Crippen LogP contribution in [0.4, 0.5) is 13.2 Å². The van der Waals surface area contributed by atoms with Gasteiger partial charge in [-0.2, -0.15) is 13.2 Å². The van der Waals surface area contributed by atoms with Crippen LogP contribution in [0.5, 0.6) is 5.75 Å². The predicted molar refractivity (Wildman–Crippen MR) is 82.7 cm³/mol. The average Bonchev–Trinajstić information content (AvgIpc) is 2.54. The van der Waals surface area contributed by atoms with E-state index in [0.29, 0.717) is 18.2 Å². The summed E-state index contributed by atoms with van der Waals surface area (Å²) in [6, 6.07) is 7.02. The van der Waals surface area contributed by atoms with Crippen molar-refractivity contribution in [3.05, 3.63) is 36.2 Å². The lowest BCUT2D eigenvalue weighted by atomic mass is 9.93. The molecule has 2 heterocycles. The first-order valence-corrected chi connectivity index (χ1v) is 7.78. The number of aromatic nitrogens is 1. The Morgan fingerprint density at radius 1 is 1.25 bits per heavy atom. The molecule has 0 spiro atoms. The third kappa shape index (κ3) is 3.44. The van der Waals surface area contributed by atoms with Crippen molar-refractivity contribution in [1.29, 1.82) is 0 Å². The third-order valence-corrected chi connectivity index (χ3v) is 4.40. The number of carbonyl (C=O) groups is 1. The van der Waals surface area contributed by atoms with Crippen LogP contribution in [0.3, 0.4) is 0 Å². The molecule has 0 atom stereocenters. The monoisotopic (exact) mass is 338 g/mol. The lowest BCUT2D eigenvalue weighted by molar-refractivity contribution is -0.147. The zero-order chi connectivity index (χ0) is 17.3. The molecule has 2 aromatic rings. The summed E-state index contributed by atoms with van der Waals surface area (Å²) in [6.45, 7) is 0.487. The normalized spacial score (nSPS) is 16.5. The molecule has 1 saturated heterocycles. The fourth-order valence-electron chi connectivity index (χ4n) is 3.12. The number of carbonyl (C=O) groups excluding carboxylic acids is 1. The highest BCUT2D eigenvalue weighted by molar-refractivity contribution is 6.01. The van der Waals surface area contributed by atoms with Gasteiger partial charge in [0.1, 0.15) is 0 Å². The molecule has 0 bridgehead atoms. The number of nitrogens with zero attached hydrogens (tertiary/aromatic N) is 2. The topological polar surface area (TPSA) is 53.4 Å². The molecule has 1 fully saturated rings. The first kappa shape index (κ1) is 16.5. The van der Waals surface area contributed by atoms with Crippen LogP contribution in [0.1, 0.15) is 29.8 Å². The second-order valence-electron chi connectivity index (χ2n) is 6.10. The Labute approximate surface area is 136 Å². The summed E-state index contributed by atoms with van der Waals surface area (Å²) in [5.41, 5.74) is -0.0528. The van der Waals surface area contributed by atoms with Crippen molar-refractivity contribution in [2.45, 2.75) is 25.4 Å². The number of fused-ring (bicyclic) bond motifs is 1. The van der Waals surface area contributed by atoms with Crippen molar-refractivity contribution in [3.8, 4) is 5.75 Å². The van der Waals surface area contributed by atoms with Gasteiger partial charge in [-0.3, -0.25) is 4.79 Å². The summed E-state index contributed by atoms with van der Waals surface area (Å²) >= 11 is 0. The Morgan fingerprint density at radius 3 is 2.58 bits per heavy atom. The van der Waals surface area contributed by atoms with Crippen LogP contribution in [-0.4, -0.2) is 40.2 Å². The van der Waals surface area contributed by atoms with Crippen LogP contribution >= 0.6 is 0 Å². The number of amides is 1. The summed E-state index contributed by atoms with van der Waals surface area (Å²) in [7, 11) is 0. The minimum atomic E-state index is -4.17. The van der Waals surface area contributed by atoms with E-state index in [1.165, 1.54) is 11.1 Å². The van der Waals surface area contributed by atoms with Gasteiger partial charge in [-0.1, -0.05) is 24.3 Å². The molecule has 3 rings (SSSR count). The van der Waals surface area contributed by atoms with Gasteiger partial charge in [0.05, 0.1) is 0 Å². The molecule has 0 radical (unpaired) electrons. The van der Waals surface area contributed by atoms with Crippen LogP contribution in [0.2, 0.25) is 0 Å². The lowest BCUT2D eigenvalue weighted by Crippen LogP contribution is -2.39. The number of hydrogen-bond acceptors (Lipinski definition) is 3. The summed E-state index contributed by atoms with van der Waals surface area (Å²) in [5.74, 6) is -1.08. The van der Waals surface area contributed by atoms with Gasteiger partial charge < -0.3 is 10.0 Å². The first-order valence-electron chi connectivity index (χ1n) is 7.78. The van der Waals surface area contributed by atoms with E-state index >= 15 is 0 Å². The zero-order valence-corrected chi connectivity index (χ0v) is 12.9. The van der Waals surface area contributed by atoms with Gasteiger partial charge in [-0.15, -0.1) is 0 Å². The molecular weight excluding hydrogens is 321 g/mol. The fourth-order valence-corrected chi connectivity index (χ4v) is 3.12. The quantitative estimate of drug-likeness (QED) is 0.907. The molecule has 1 aliphatic heterocycles. The van der Waals surface area contributed by atoms with Gasteiger partial charge in [-0.25, -0.2) is 4.98 Å². The Kier molecular flexibility index (Phi) is 4.34. The molecule has 24 heavy (non-hydrogen) atoms. The maximum atomic E-state index is 12.5. The molecule has 0 aliphatic carbocycles. The molecule has 7 heteroatoms. The fraction of sp³-hybridized carbons (Fsp3) is 0.412. The SMILES string of the molecule is O=C(c1ncc2ccccc2c1O)N1CCC(CC(F)(F)F)CC1. The molecule has 128 valence electrons. The van der Waals surface area contributed by atoms with Crippen LogP contribution in [0, 0.1) is 5.92 Å². The van der Waals surface area contributed by atoms with Gasteiger partial charge in [0.15, 0.2) is 11.4 Å². The maximum Gasteiger partial charge on any atom is 0.389 e. The number of likely N-dealkylation sites (tertiary alicyclic amines) is 1. The van der Waals surface area contributed by atoms with E-state index < -0.39 is 24.4 Å². The molecule has 1 aliphatic rings. The number of rotatable bonds is 2. The highest BCUT2D eigenvalue weighted by atomic mass is 19.4. The van der Waals surface area contributed by atoms with Crippen molar-refractivity contribution in [2.75, 3.05) is 13.1 Å². The van der Waals surface area contributed by atoms with E-state index in [4.69, 9.17) is 0 Å². The molecule has 1 amide bonds. The standard InChI is InChI=1S/C17H17F3N2O2/c18-17(19,20)9-11-5-7-22(8-6-11)16(24)14-15(23)13-4-2-1-3-12(13)10-21-14/h1-4,10-11,23H,5-9H2. The second-order valence-corrected chi connectivity index (χ2v) is 6.10. The first-order chi connectivity index (χ1) is 11.3. The number of pyridine rings is 1. The third-order valence-electron chi connectivity index (χ3n) is 4.40. The van der Waals surface area contributed by atoms with Crippen LogP contribution in [0.25, 0.3) is 10.8 Å². The van der Waals surface area contributed by atoms with Crippen molar-refractivity contribution in [1.82, 2.24) is 9.88 Å². The molecule has 0 unspecified atom stereocenters. The lowest BCUT2D eigenvalue weighted by Gasteiger charge is -2.32. The molecule has 4 nitrogen and oxygen atoms in total. The van der Waals surface area contributed by atoms with E-state index in [2.05, 4.69) is 4.98 Å². The van der Waals surface area contributed by atoms with Gasteiger partial charge in [0, 0.05) is 36.5 Å². The second kappa shape index (κ2) is 6.30. The van der Waals surface area contributed by atoms with Crippen molar-refractivity contribution in [3.63, 3.8) is 0 Å². The van der Waals surface area contributed by atoms with E-state index in [-0.39, 0.29) is 24.5 Å². The van der Waals surface area contributed by atoms with Crippen molar-refractivity contribution < 1.29 is 23.1 Å². The van der Waals surface area contributed by atoms with Crippen LogP contribution < -0.4 is 0 Å². The van der Waals surface area contributed by atoms with Gasteiger partial charge >= 0.3 is 6.18 Å². The number of aromatic hydroxyl groups is 1. The summed E-state index contributed by atoms with van der Waals surface area (Å²) in [4.78, 5) is 18.0. The van der Waals surface area contributed by atoms with Gasteiger partial charge in [-0.05, 0) is 18.8 Å². The van der Waals surface area contributed by atoms with Gasteiger partial charge in [0.25, 0.3) is 5.91 Å². The number of piperidine rings is 1. The number of halogens is 3. The van der Waals surface area contributed by atoms with Crippen LogP contribution in [-0.2, 0) is 0 Å². The summed E-state index contributed by atoms with van der Waals surface area (Å²) in [5, 5.41) is 11.5. The van der Waals surface area contributed by atoms with Gasteiger partial charge in [0.2, 0.25) is 0 Å². The number of hydrogen-bond donors (Lipinski definition) is 1. The van der Waals surface area contributed by atoms with Crippen LogP contribution in [0.15, 0.2) is 30.5 Å². The Hall–Kier alpha value is -2.31. The predicted octanol–water partition coefficient (Wildman–Crippen LogP) is 3.75. The zero-order valence-electron chi connectivity index (χ0n) is 12.9. The highest BCUT2D eigenvalue weighted by Crippen LogP contribution is 2.32. The molecule has 1 N–H and O–H groups in total. The summed E-state index contributed by atoms with van der Waals surface area (Å²) in [6.07, 6.45) is -2.86. The minimum Gasteiger partial charge on any atom is -0.505 e. The highest BCUT2D eigenvalue weighted by Gasteiger charge is 2.34. The maximum absolute atomic E-state index is 12.5. The Balaban J connectivity index is 1.73. The summed E-state index contributed by atoms with van der Waals surface area (Å²) < 4.78 is 37.3. The average molecular weight is 338 g/mol. The largest absolute Gasteiger partial charge is 0.505 e. The molecular formula is C17H17F3N2O2.